The molecule has 2 aromatic carbocycles. The van der Waals surface area contributed by atoms with E-state index in [1.54, 1.807) is 12.1 Å². The van der Waals surface area contributed by atoms with Crippen LogP contribution in [-0.2, 0) is 10.2 Å². The Morgan fingerprint density at radius 2 is 1.59 bits per heavy atom. The van der Waals surface area contributed by atoms with Crippen molar-refractivity contribution in [2.24, 2.45) is 0 Å². The summed E-state index contributed by atoms with van der Waals surface area (Å²) in [5.41, 5.74) is -0.545. The number of nitrogens with zero attached hydrogens (tertiary/aromatic N) is 2. The molecular weight excluding hydrogens is 402 g/mol. The third-order valence-corrected chi connectivity index (χ3v) is 5.33. The number of amides is 1. The SMILES string of the molecule is O=C(NCC1(c2ccc(Cl)cc2)CCOCC1)c1cc([N+](=O)[O-])cc([N+](=O)[O-])c1. The molecule has 0 spiro atoms. The highest BCUT2D eigenvalue weighted by Crippen LogP contribution is 2.35. The molecule has 0 saturated carbocycles. The van der Waals surface area contributed by atoms with Gasteiger partial charge in [0.15, 0.2) is 0 Å². The molecule has 0 aliphatic carbocycles. The summed E-state index contributed by atoms with van der Waals surface area (Å²) in [6.07, 6.45) is 1.34. The first-order valence-corrected chi connectivity index (χ1v) is 9.24. The first kappa shape index (κ1) is 20.7. The van der Waals surface area contributed by atoms with Crippen LogP contribution in [0, 0.1) is 20.2 Å². The molecule has 29 heavy (non-hydrogen) atoms. The van der Waals surface area contributed by atoms with Gasteiger partial charge in [-0.05, 0) is 30.5 Å². The normalized spacial score (nSPS) is 15.5. The summed E-state index contributed by atoms with van der Waals surface area (Å²) in [6.45, 7) is 1.31. The van der Waals surface area contributed by atoms with Crippen LogP contribution in [0.15, 0.2) is 42.5 Å². The average molecular weight is 420 g/mol. The van der Waals surface area contributed by atoms with E-state index in [4.69, 9.17) is 16.3 Å². The first-order valence-electron chi connectivity index (χ1n) is 8.87. The zero-order chi connectivity index (χ0) is 21.0. The molecule has 1 amide bonds. The maximum Gasteiger partial charge on any atom is 0.277 e. The lowest BCUT2D eigenvalue weighted by molar-refractivity contribution is -0.394. The molecular formula is C19H18ClN3O6. The van der Waals surface area contributed by atoms with Gasteiger partial charge in [0.25, 0.3) is 17.3 Å². The number of nitro groups is 2. The Morgan fingerprint density at radius 1 is 1.03 bits per heavy atom. The number of nitrogens with one attached hydrogen (secondary N) is 1. The second-order valence-electron chi connectivity index (χ2n) is 6.83. The lowest BCUT2D eigenvalue weighted by Gasteiger charge is -2.38. The van der Waals surface area contributed by atoms with E-state index in [2.05, 4.69) is 5.32 Å². The minimum absolute atomic E-state index is 0.135. The van der Waals surface area contributed by atoms with Crippen LogP contribution < -0.4 is 5.32 Å². The van der Waals surface area contributed by atoms with Crippen LogP contribution >= 0.6 is 11.6 Å². The van der Waals surface area contributed by atoms with Crippen molar-refractivity contribution in [1.29, 1.82) is 0 Å². The predicted octanol–water partition coefficient (Wildman–Crippen LogP) is 3.63. The monoisotopic (exact) mass is 419 g/mol. The zero-order valence-corrected chi connectivity index (χ0v) is 16.1. The molecule has 0 unspecified atom stereocenters. The molecule has 1 aliphatic heterocycles. The minimum Gasteiger partial charge on any atom is -0.381 e. The number of ether oxygens (including phenoxy) is 1. The van der Waals surface area contributed by atoms with Gasteiger partial charge in [0.05, 0.1) is 21.5 Å². The molecule has 1 saturated heterocycles. The van der Waals surface area contributed by atoms with E-state index >= 15 is 0 Å². The van der Waals surface area contributed by atoms with Gasteiger partial charge in [0.1, 0.15) is 0 Å². The highest BCUT2D eigenvalue weighted by atomic mass is 35.5. The zero-order valence-electron chi connectivity index (χ0n) is 15.3. The summed E-state index contributed by atoms with van der Waals surface area (Å²) in [5.74, 6) is -0.614. The van der Waals surface area contributed by atoms with Crippen LogP contribution in [0.25, 0.3) is 0 Å². The lowest BCUT2D eigenvalue weighted by atomic mass is 9.74. The largest absolute Gasteiger partial charge is 0.381 e. The molecule has 0 atom stereocenters. The Morgan fingerprint density at radius 3 is 2.10 bits per heavy atom. The number of hydrogen-bond donors (Lipinski definition) is 1. The van der Waals surface area contributed by atoms with Crippen LogP contribution in [0.3, 0.4) is 0 Å². The van der Waals surface area contributed by atoms with Gasteiger partial charge in [-0.3, -0.25) is 25.0 Å². The Labute approximate surface area is 170 Å². The van der Waals surface area contributed by atoms with Crippen molar-refractivity contribution in [3.63, 3.8) is 0 Å². The number of carbonyl (C=O) groups is 1. The van der Waals surface area contributed by atoms with Gasteiger partial charge in [-0.15, -0.1) is 0 Å². The molecule has 0 aromatic heterocycles. The number of nitro benzene ring substituents is 2. The van der Waals surface area contributed by atoms with Crippen molar-refractivity contribution >= 4 is 28.9 Å². The summed E-state index contributed by atoms with van der Waals surface area (Å²) < 4.78 is 5.46. The molecule has 10 heteroatoms. The Hall–Kier alpha value is -3.04. The number of hydrogen-bond acceptors (Lipinski definition) is 6. The topological polar surface area (TPSA) is 125 Å². The number of carbonyl (C=O) groups excluding carboxylic acids is 1. The first-order chi connectivity index (χ1) is 13.8. The Kier molecular flexibility index (Phi) is 6.09. The molecule has 1 N–H and O–H groups in total. The molecule has 0 radical (unpaired) electrons. The van der Waals surface area contributed by atoms with Gasteiger partial charge in [-0.2, -0.15) is 0 Å². The fraction of sp³-hybridized carbons (Fsp3) is 0.316. The van der Waals surface area contributed by atoms with Crippen molar-refractivity contribution in [2.75, 3.05) is 19.8 Å². The highest BCUT2D eigenvalue weighted by Gasteiger charge is 2.35. The van der Waals surface area contributed by atoms with Gasteiger partial charge in [-0.25, -0.2) is 0 Å². The number of benzene rings is 2. The summed E-state index contributed by atoms with van der Waals surface area (Å²) in [7, 11) is 0. The molecule has 2 aromatic rings. The molecule has 1 aliphatic rings. The maximum atomic E-state index is 12.7. The van der Waals surface area contributed by atoms with Crippen LogP contribution in [0.2, 0.25) is 5.02 Å². The smallest absolute Gasteiger partial charge is 0.277 e. The van der Waals surface area contributed by atoms with Crippen molar-refractivity contribution in [3.8, 4) is 0 Å². The van der Waals surface area contributed by atoms with Crippen molar-refractivity contribution in [1.82, 2.24) is 5.32 Å². The Bertz CT molecular complexity index is 909. The highest BCUT2D eigenvalue weighted by molar-refractivity contribution is 6.30. The van der Waals surface area contributed by atoms with Gasteiger partial charge in [0, 0.05) is 42.3 Å². The van der Waals surface area contributed by atoms with Crippen molar-refractivity contribution < 1.29 is 19.4 Å². The van der Waals surface area contributed by atoms with Crippen molar-refractivity contribution in [2.45, 2.75) is 18.3 Å². The average Bonchev–Trinajstić information content (AvgIpc) is 2.72. The van der Waals surface area contributed by atoms with Gasteiger partial charge >= 0.3 is 0 Å². The van der Waals surface area contributed by atoms with E-state index in [1.165, 1.54) is 0 Å². The van der Waals surface area contributed by atoms with E-state index in [-0.39, 0.29) is 17.5 Å². The maximum absolute atomic E-state index is 12.7. The minimum atomic E-state index is -0.766. The molecule has 1 heterocycles. The van der Waals surface area contributed by atoms with E-state index in [1.807, 2.05) is 12.1 Å². The van der Waals surface area contributed by atoms with Crippen LogP contribution in [0.4, 0.5) is 11.4 Å². The standard InChI is InChI=1S/C19H18ClN3O6/c20-15-3-1-14(2-4-15)19(5-7-29-8-6-19)12-21-18(24)13-9-16(22(25)26)11-17(10-13)23(27)28/h1-4,9-11H,5-8,12H2,(H,21,24). The molecule has 0 bridgehead atoms. The second-order valence-corrected chi connectivity index (χ2v) is 7.27. The van der Waals surface area contributed by atoms with E-state index in [9.17, 15) is 25.0 Å². The predicted molar refractivity (Wildman–Crippen MR) is 105 cm³/mol. The van der Waals surface area contributed by atoms with Gasteiger partial charge in [0.2, 0.25) is 0 Å². The molecule has 9 nitrogen and oxygen atoms in total. The van der Waals surface area contributed by atoms with E-state index < -0.39 is 27.1 Å². The fourth-order valence-electron chi connectivity index (χ4n) is 3.42. The summed E-state index contributed by atoms with van der Waals surface area (Å²) >= 11 is 5.98. The summed E-state index contributed by atoms with van der Waals surface area (Å²) in [4.78, 5) is 33.2. The second kappa shape index (κ2) is 8.54. The third kappa shape index (κ3) is 4.69. The molecule has 1 fully saturated rings. The number of halogens is 1. The fourth-order valence-corrected chi connectivity index (χ4v) is 3.55. The van der Waals surface area contributed by atoms with E-state index in [0.29, 0.717) is 31.1 Å². The number of rotatable bonds is 6. The third-order valence-electron chi connectivity index (χ3n) is 5.08. The molecule has 3 rings (SSSR count). The quantitative estimate of drug-likeness (QED) is 0.563. The lowest BCUT2D eigenvalue weighted by Crippen LogP contribution is -2.44. The van der Waals surface area contributed by atoms with Crippen LogP contribution in [0.1, 0.15) is 28.8 Å². The van der Waals surface area contributed by atoms with Gasteiger partial charge < -0.3 is 10.1 Å². The molecule has 152 valence electrons. The Balaban J connectivity index is 1.84. The van der Waals surface area contributed by atoms with Crippen molar-refractivity contribution in [3.05, 3.63) is 78.8 Å². The van der Waals surface area contributed by atoms with Crippen LogP contribution in [-0.4, -0.2) is 35.5 Å². The summed E-state index contributed by atoms with van der Waals surface area (Å²) in [6, 6.07) is 10.2. The van der Waals surface area contributed by atoms with Gasteiger partial charge in [-0.1, -0.05) is 23.7 Å². The summed E-state index contributed by atoms with van der Waals surface area (Å²) in [5, 5.41) is 25.5. The van der Waals surface area contributed by atoms with E-state index in [0.717, 1.165) is 23.8 Å². The van der Waals surface area contributed by atoms with Crippen LogP contribution in [0.5, 0.6) is 0 Å². The number of non-ortho nitro benzene ring substituents is 2.